The van der Waals surface area contributed by atoms with Crippen molar-refractivity contribution >= 4 is 29.5 Å². The molecule has 12 heteroatoms. The van der Waals surface area contributed by atoms with Gasteiger partial charge in [0.25, 0.3) is 0 Å². The third kappa shape index (κ3) is 17.0. The number of Topliss-reactive ketones (excluding diaryl/α,β-unsaturated/α-hetero) is 1. The van der Waals surface area contributed by atoms with Crippen molar-refractivity contribution in [3.05, 3.63) is 0 Å². The van der Waals surface area contributed by atoms with Gasteiger partial charge in [-0.1, -0.05) is 6.92 Å². The number of nitrogens with one attached hydrogen (secondary N) is 4. The lowest BCUT2D eigenvalue weighted by Crippen LogP contribution is -2.41. The van der Waals surface area contributed by atoms with Gasteiger partial charge in [-0.3, -0.25) is 19.2 Å². The number of likely N-dealkylation sites (N-methyl/N-ethyl adjacent to an activating group) is 1. The summed E-state index contributed by atoms with van der Waals surface area (Å²) in [4.78, 5) is 57.2. The highest BCUT2D eigenvalue weighted by atomic mass is 16.5. The average molecular weight is 489 g/mol. The maximum Gasteiger partial charge on any atom is 0.326 e. The van der Waals surface area contributed by atoms with Gasteiger partial charge in [0.1, 0.15) is 18.4 Å². The van der Waals surface area contributed by atoms with Crippen LogP contribution in [-0.2, 0) is 33.4 Å². The maximum atomic E-state index is 11.8. The minimum absolute atomic E-state index is 0.00144. The van der Waals surface area contributed by atoms with E-state index in [2.05, 4.69) is 21.3 Å². The number of amides is 3. The molecule has 0 aliphatic carbocycles. The molecule has 34 heavy (non-hydrogen) atoms. The monoisotopic (exact) mass is 488 g/mol. The van der Waals surface area contributed by atoms with Crippen LogP contribution in [0.25, 0.3) is 0 Å². The minimum atomic E-state index is -1.18. The van der Waals surface area contributed by atoms with E-state index in [0.717, 1.165) is 19.3 Å². The van der Waals surface area contributed by atoms with Crippen LogP contribution in [0.5, 0.6) is 0 Å². The van der Waals surface area contributed by atoms with Crippen LogP contribution in [0.2, 0.25) is 0 Å². The molecule has 0 saturated carbocycles. The van der Waals surface area contributed by atoms with Crippen molar-refractivity contribution in [1.82, 2.24) is 21.3 Å². The Kier molecular flexibility index (Phi) is 18.4. The van der Waals surface area contributed by atoms with E-state index in [-0.39, 0.29) is 81.8 Å². The summed E-state index contributed by atoms with van der Waals surface area (Å²) in [5.41, 5.74) is 0. The fourth-order valence-corrected chi connectivity index (χ4v) is 2.87. The largest absolute Gasteiger partial charge is 0.480 e. The van der Waals surface area contributed by atoms with Gasteiger partial charge in [-0.05, 0) is 39.7 Å². The van der Waals surface area contributed by atoms with Gasteiger partial charge in [-0.25, -0.2) is 4.79 Å². The van der Waals surface area contributed by atoms with Crippen LogP contribution >= 0.6 is 0 Å². The van der Waals surface area contributed by atoms with Gasteiger partial charge in [0.2, 0.25) is 17.7 Å². The normalized spacial score (nSPS) is 12.4. The molecule has 0 fully saturated rings. The fourth-order valence-electron chi connectivity index (χ4n) is 2.87. The van der Waals surface area contributed by atoms with Gasteiger partial charge in [-0.15, -0.1) is 0 Å². The zero-order valence-electron chi connectivity index (χ0n) is 20.4. The fraction of sp³-hybridized carbons (Fsp3) is 0.773. The Morgan fingerprint density at radius 3 is 2.12 bits per heavy atom. The molecule has 0 aliphatic heterocycles. The molecule has 3 amide bonds. The summed E-state index contributed by atoms with van der Waals surface area (Å²) in [5, 5.41) is 19.7. The SMILES string of the molecule is CCC(=O)NC(CCC(=O)NCCOCCOCC(=O)NCCCC[C@H](NC)C(C)=O)C(=O)O. The molecule has 0 radical (unpaired) electrons. The predicted octanol–water partition coefficient (Wildman–Crippen LogP) is -0.641. The van der Waals surface area contributed by atoms with Crippen LogP contribution in [0.4, 0.5) is 0 Å². The van der Waals surface area contributed by atoms with E-state index >= 15 is 0 Å². The van der Waals surface area contributed by atoms with Gasteiger partial charge in [-0.2, -0.15) is 0 Å². The zero-order chi connectivity index (χ0) is 25.8. The van der Waals surface area contributed by atoms with E-state index in [4.69, 9.17) is 14.6 Å². The molecular formula is C22H40N4O8. The first kappa shape index (κ1) is 31.4. The Labute approximate surface area is 200 Å². The summed E-state index contributed by atoms with van der Waals surface area (Å²) in [6, 6.07) is -1.24. The predicted molar refractivity (Wildman–Crippen MR) is 124 cm³/mol. The molecule has 0 bridgehead atoms. The van der Waals surface area contributed by atoms with Crippen molar-refractivity contribution in [2.45, 2.75) is 64.5 Å². The van der Waals surface area contributed by atoms with E-state index in [1.165, 1.54) is 0 Å². The highest BCUT2D eigenvalue weighted by Gasteiger charge is 2.20. The van der Waals surface area contributed by atoms with E-state index in [1.807, 2.05) is 0 Å². The number of ether oxygens (including phenoxy) is 2. The molecule has 0 heterocycles. The summed E-state index contributed by atoms with van der Waals surface area (Å²) in [6.07, 6.45) is 2.46. The molecule has 12 nitrogen and oxygen atoms in total. The van der Waals surface area contributed by atoms with Gasteiger partial charge >= 0.3 is 5.97 Å². The van der Waals surface area contributed by atoms with Crippen LogP contribution in [0.3, 0.4) is 0 Å². The molecule has 0 aromatic rings. The van der Waals surface area contributed by atoms with Crippen molar-refractivity contribution in [3.63, 3.8) is 0 Å². The average Bonchev–Trinajstić information content (AvgIpc) is 2.79. The number of hydrogen-bond acceptors (Lipinski definition) is 8. The molecule has 1 unspecified atom stereocenters. The molecule has 2 atom stereocenters. The van der Waals surface area contributed by atoms with E-state index in [1.54, 1.807) is 20.9 Å². The van der Waals surface area contributed by atoms with Gasteiger partial charge < -0.3 is 35.8 Å². The molecule has 0 aliphatic rings. The second-order valence-electron chi connectivity index (χ2n) is 7.66. The number of hydrogen-bond donors (Lipinski definition) is 5. The Morgan fingerprint density at radius 1 is 0.824 bits per heavy atom. The number of rotatable bonds is 21. The number of unbranched alkanes of at least 4 members (excludes halogenated alkanes) is 1. The molecule has 0 aromatic heterocycles. The zero-order valence-corrected chi connectivity index (χ0v) is 20.4. The molecule has 0 saturated heterocycles. The smallest absolute Gasteiger partial charge is 0.326 e. The van der Waals surface area contributed by atoms with Crippen LogP contribution in [0.1, 0.15) is 52.4 Å². The van der Waals surface area contributed by atoms with Crippen LogP contribution < -0.4 is 21.3 Å². The van der Waals surface area contributed by atoms with Crippen LogP contribution in [0, 0.1) is 0 Å². The van der Waals surface area contributed by atoms with Crippen molar-refractivity contribution < 1.29 is 38.6 Å². The second kappa shape index (κ2) is 19.9. The molecule has 5 N–H and O–H groups in total. The highest BCUT2D eigenvalue weighted by molar-refractivity contribution is 5.84. The standard InChI is InChI=1S/C22H40N4O8/c1-4-19(28)26-18(22(31)32)8-9-20(29)25-11-12-33-13-14-34-15-21(30)24-10-6-5-7-17(23-3)16(2)27/h17-18,23H,4-15H2,1-3H3,(H,24,30)(H,25,29)(H,26,28)(H,31,32)/t17-,18?/m0/s1. The van der Waals surface area contributed by atoms with Crippen LogP contribution in [0.15, 0.2) is 0 Å². The minimum Gasteiger partial charge on any atom is -0.480 e. The summed E-state index contributed by atoms with van der Waals surface area (Å²) in [5.74, 6) is -2.02. The quantitative estimate of drug-likeness (QED) is 0.132. The Balaban J connectivity index is 3.65. The molecule has 196 valence electrons. The van der Waals surface area contributed by atoms with Gasteiger partial charge in [0.15, 0.2) is 0 Å². The van der Waals surface area contributed by atoms with Gasteiger partial charge in [0, 0.05) is 25.9 Å². The first-order chi connectivity index (χ1) is 16.2. The van der Waals surface area contributed by atoms with Crippen molar-refractivity contribution in [3.8, 4) is 0 Å². The topological polar surface area (TPSA) is 172 Å². The first-order valence-corrected chi connectivity index (χ1v) is 11.6. The maximum absolute atomic E-state index is 11.8. The number of aliphatic carboxylic acids is 1. The number of carbonyl (C=O) groups is 5. The lowest BCUT2D eigenvalue weighted by molar-refractivity contribution is -0.142. The number of carboxylic acids is 1. The van der Waals surface area contributed by atoms with Gasteiger partial charge in [0.05, 0.1) is 25.9 Å². The summed E-state index contributed by atoms with van der Waals surface area (Å²) in [7, 11) is 1.75. The second-order valence-corrected chi connectivity index (χ2v) is 7.66. The van der Waals surface area contributed by atoms with Crippen LogP contribution in [-0.4, -0.2) is 93.2 Å². The Hall–Kier alpha value is -2.57. The Bertz CT molecular complexity index is 644. The van der Waals surface area contributed by atoms with E-state index in [0.29, 0.717) is 6.54 Å². The molecule has 0 spiro atoms. The third-order valence-electron chi connectivity index (χ3n) is 4.87. The third-order valence-corrected chi connectivity index (χ3v) is 4.87. The molecule has 0 rings (SSSR count). The van der Waals surface area contributed by atoms with E-state index in [9.17, 15) is 24.0 Å². The summed E-state index contributed by atoms with van der Waals surface area (Å²) in [6.45, 7) is 4.57. The first-order valence-electron chi connectivity index (χ1n) is 11.6. The van der Waals surface area contributed by atoms with E-state index < -0.39 is 12.0 Å². The molecule has 0 aromatic carbocycles. The number of ketones is 1. The highest BCUT2D eigenvalue weighted by Crippen LogP contribution is 2.01. The Morgan fingerprint density at radius 2 is 1.50 bits per heavy atom. The van der Waals surface area contributed by atoms with Crippen molar-refractivity contribution in [2.75, 3.05) is 46.6 Å². The number of carbonyl (C=O) groups excluding carboxylic acids is 4. The van der Waals surface area contributed by atoms with Crippen molar-refractivity contribution in [2.24, 2.45) is 0 Å². The summed E-state index contributed by atoms with van der Waals surface area (Å²) < 4.78 is 10.5. The number of carboxylic acid groups (broad SMARTS) is 1. The lowest BCUT2D eigenvalue weighted by Gasteiger charge is -2.13. The molecular weight excluding hydrogens is 448 g/mol. The van der Waals surface area contributed by atoms with Crippen molar-refractivity contribution in [1.29, 1.82) is 0 Å². The summed E-state index contributed by atoms with van der Waals surface area (Å²) >= 11 is 0. The lowest BCUT2D eigenvalue weighted by atomic mass is 10.1.